The molecule has 1 aliphatic carbocycles. The number of hydrogen-bond acceptors (Lipinski definition) is 5. The second-order valence-electron chi connectivity index (χ2n) is 9.94. The first-order valence-electron chi connectivity index (χ1n) is 12.7. The van der Waals surface area contributed by atoms with E-state index >= 15 is 0 Å². The molecule has 4 rings (SSSR count). The summed E-state index contributed by atoms with van der Waals surface area (Å²) in [6.45, 7) is 7.81. The molecule has 0 unspecified atom stereocenters. The van der Waals surface area contributed by atoms with E-state index in [9.17, 15) is 14.4 Å². The topological polar surface area (TPSA) is 93.5 Å². The zero-order valence-corrected chi connectivity index (χ0v) is 21.2. The summed E-state index contributed by atoms with van der Waals surface area (Å²) in [5, 5.41) is 7.62. The highest BCUT2D eigenvalue weighted by Crippen LogP contribution is 2.36. The molecule has 0 bridgehead atoms. The minimum atomic E-state index is -1.22. The molecule has 2 heterocycles. The van der Waals surface area contributed by atoms with Crippen molar-refractivity contribution in [3.8, 4) is 0 Å². The van der Waals surface area contributed by atoms with E-state index in [0.29, 0.717) is 5.69 Å². The summed E-state index contributed by atoms with van der Waals surface area (Å²) < 4.78 is 6.57. The van der Waals surface area contributed by atoms with Crippen LogP contribution in [0.5, 0.6) is 0 Å². The fourth-order valence-electron chi connectivity index (χ4n) is 5.18. The number of nitrogens with one attached hydrogen (secondary N) is 1. The summed E-state index contributed by atoms with van der Waals surface area (Å²) in [5.41, 5.74) is 1.78. The molecule has 35 heavy (non-hydrogen) atoms. The third kappa shape index (κ3) is 4.83. The Kier molecular flexibility index (Phi) is 7.28. The number of rotatable bonds is 5. The minimum absolute atomic E-state index is 0.0702. The van der Waals surface area contributed by atoms with Gasteiger partial charge in [0, 0.05) is 17.8 Å². The van der Waals surface area contributed by atoms with Gasteiger partial charge < -0.3 is 10.1 Å². The highest BCUT2D eigenvalue weighted by molar-refractivity contribution is 6.12. The van der Waals surface area contributed by atoms with Gasteiger partial charge in [0.05, 0.1) is 13.2 Å². The molecular weight excluding hydrogens is 444 g/mol. The number of aromatic nitrogens is 2. The Balaban J connectivity index is 1.75. The number of hydrogen-bond donors (Lipinski definition) is 1. The van der Waals surface area contributed by atoms with Crippen molar-refractivity contribution in [3.05, 3.63) is 46.8 Å². The van der Waals surface area contributed by atoms with Crippen molar-refractivity contribution in [2.75, 3.05) is 11.5 Å². The maximum atomic E-state index is 13.9. The number of anilines is 1. The Morgan fingerprint density at radius 2 is 1.83 bits per heavy atom. The van der Waals surface area contributed by atoms with Crippen LogP contribution in [0, 0.1) is 13.8 Å². The number of amides is 2. The van der Waals surface area contributed by atoms with Crippen molar-refractivity contribution in [3.63, 3.8) is 0 Å². The lowest BCUT2D eigenvalue weighted by molar-refractivity contribution is -0.127. The molecule has 0 spiro atoms. The molecule has 188 valence electrons. The van der Waals surface area contributed by atoms with Gasteiger partial charge in [-0.1, -0.05) is 44.2 Å². The van der Waals surface area contributed by atoms with E-state index in [4.69, 9.17) is 4.74 Å². The lowest BCUT2D eigenvalue weighted by Gasteiger charge is -2.44. The van der Waals surface area contributed by atoms with Crippen molar-refractivity contribution >= 4 is 23.5 Å². The average Bonchev–Trinajstić information content (AvgIpc) is 3.22. The summed E-state index contributed by atoms with van der Waals surface area (Å²) in [4.78, 5) is 41.8. The SMILES string of the molecule is CCOC(=O)c1cc2n(n1)C[C@](C)(C(=O)NC1CCCCCCC1)N(c1cccc(C)c1C)C2=O. The van der Waals surface area contributed by atoms with E-state index in [-0.39, 0.29) is 42.4 Å². The van der Waals surface area contributed by atoms with Crippen molar-refractivity contribution in [2.24, 2.45) is 0 Å². The van der Waals surface area contributed by atoms with E-state index in [1.807, 2.05) is 32.0 Å². The molecule has 0 radical (unpaired) electrons. The number of esters is 1. The van der Waals surface area contributed by atoms with Crippen LogP contribution in [0.15, 0.2) is 24.3 Å². The van der Waals surface area contributed by atoms with Gasteiger partial charge in [0.25, 0.3) is 5.91 Å². The van der Waals surface area contributed by atoms with Gasteiger partial charge in [0.1, 0.15) is 11.2 Å². The first-order valence-corrected chi connectivity index (χ1v) is 12.7. The number of benzene rings is 1. The van der Waals surface area contributed by atoms with Gasteiger partial charge in [-0.15, -0.1) is 0 Å². The van der Waals surface area contributed by atoms with Crippen LogP contribution < -0.4 is 10.2 Å². The van der Waals surface area contributed by atoms with Crippen molar-refractivity contribution in [1.29, 1.82) is 0 Å². The van der Waals surface area contributed by atoms with Crippen LogP contribution in [0.25, 0.3) is 0 Å². The Labute approximate surface area is 207 Å². The van der Waals surface area contributed by atoms with Crippen molar-refractivity contribution in [1.82, 2.24) is 15.1 Å². The Morgan fingerprint density at radius 3 is 2.51 bits per heavy atom. The molecule has 2 amide bonds. The highest BCUT2D eigenvalue weighted by atomic mass is 16.5. The molecular formula is C27H36N4O4. The third-order valence-corrected chi connectivity index (χ3v) is 7.38. The number of fused-ring (bicyclic) bond motifs is 1. The molecule has 8 nitrogen and oxygen atoms in total. The van der Waals surface area contributed by atoms with Crippen molar-refractivity contribution < 1.29 is 19.1 Å². The molecule has 1 fully saturated rings. The summed E-state index contributed by atoms with van der Waals surface area (Å²) in [6.07, 6.45) is 7.69. The molecule has 1 atom stereocenters. The molecule has 1 N–H and O–H groups in total. The normalized spacial score (nSPS) is 21.1. The van der Waals surface area contributed by atoms with Crippen molar-refractivity contribution in [2.45, 2.75) is 90.8 Å². The van der Waals surface area contributed by atoms with Gasteiger partial charge >= 0.3 is 5.97 Å². The number of carbonyl (C=O) groups is 3. The Bertz CT molecular complexity index is 1120. The number of carbonyl (C=O) groups excluding carboxylic acids is 3. The first kappa shape index (κ1) is 24.9. The number of nitrogens with zero attached hydrogens (tertiary/aromatic N) is 3. The fourth-order valence-corrected chi connectivity index (χ4v) is 5.18. The lowest BCUT2D eigenvalue weighted by atomic mass is 9.91. The minimum Gasteiger partial charge on any atom is -0.461 e. The standard InChI is InChI=1S/C27H36N4O4/c1-5-35-25(33)21-16-23-24(32)31(22-15-11-12-18(2)19(22)3)27(4,17-30(23)29-21)26(34)28-20-13-9-7-6-8-10-14-20/h11-12,15-16,20H,5-10,13-14,17H2,1-4H3,(H,28,34)/t27-/m1/s1. The fraction of sp³-hybridized carbons (Fsp3) is 0.556. The van der Waals surface area contributed by atoms with Crippen LogP contribution in [0.1, 0.15) is 90.9 Å². The summed E-state index contributed by atoms with van der Waals surface area (Å²) in [5.74, 6) is -1.14. The molecule has 2 aromatic rings. The molecule has 0 saturated heterocycles. The van der Waals surface area contributed by atoms with Crippen LogP contribution in [-0.4, -0.2) is 45.8 Å². The Hall–Kier alpha value is -3.16. The third-order valence-electron chi connectivity index (χ3n) is 7.38. The van der Waals surface area contributed by atoms with Crippen LogP contribution in [0.4, 0.5) is 5.69 Å². The second kappa shape index (κ2) is 10.2. The largest absolute Gasteiger partial charge is 0.461 e. The molecule has 8 heteroatoms. The highest BCUT2D eigenvalue weighted by Gasteiger charge is 2.50. The van der Waals surface area contributed by atoms with E-state index in [1.54, 1.807) is 18.7 Å². The molecule has 1 aromatic carbocycles. The maximum Gasteiger partial charge on any atom is 0.358 e. The second-order valence-corrected chi connectivity index (χ2v) is 9.94. The maximum absolute atomic E-state index is 13.9. The lowest BCUT2D eigenvalue weighted by Crippen LogP contribution is -2.65. The quantitative estimate of drug-likeness (QED) is 0.643. The predicted octanol–water partition coefficient (Wildman–Crippen LogP) is 4.32. The monoisotopic (exact) mass is 480 g/mol. The number of ether oxygens (including phenoxy) is 1. The van der Waals surface area contributed by atoms with Crippen LogP contribution in [0.2, 0.25) is 0 Å². The summed E-state index contributed by atoms with van der Waals surface area (Å²) >= 11 is 0. The number of aryl methyl sites for hydroxylation is 1. The molecule has 1 aromatic heterocycles. The zero-order chi connectivity index (χ0) is 25.2. The first-order chi connectivity index (χ1) is 16.8. The van der Waals surface area contributed by atoms with E-state index in [0.717, 1.165) is 36.8 Å². The molecule has 1 aliphatic heterocycles. The van der Waals surface area contributed by atoms with Gasteiger partial charge in [-0.3, -0.25) is 19.2 Å². The van der Waals surface area contributed by atoms with Gasteiger partial charge in [-0.05, 0) is 57.7 Å². The van der Waals surface area contributed by atoms with Gasteiger partial charge in [0.2, 0.25) is 5.91 Å². The van der Waals surface area contributed by atoms with Crippen LogP contribution in [-0.2, 0) is 16.1 Å². The van der Waals surface area contributed by atoms with Gasteiger partial charge in [-0.25, -0.2) is 4.79 Å². The zero-order valence-electron chi connectivity index (χ0n) is 21.2. The van der Waals surface area contributed by atoms with Crippen LogP contribution in [0.3, 0.4) is 0 Å². The smallest absolute Gasteiger partial charge is 0.358 e. The Morgan fingerprint density at radius 1 is 1.14 bits per heavy atom. The summed E-state index contributed by atoms with van der Waals surface area (Å²) in [6, 6.07) is 7.31. The van der Waals surface area contributed by atoms with E-state index in [2.05, 4.69) is 10.4 Å². The summed E-state index contributed by atoms with van der Waals surface area (Å²) in [7, 11) is 0. The molecule has 2 aliphatic rings. The average molecular weight is 481 g/mol. The van der Waals surface area contributed by atoms with Gasteiger partial charge in [-0.2, -0.15) is 5.10 Å². The molecule has 1 saturated carbocycles. The van der Waals surface area contributed by atoms with E-state index in [1.165, 1.54) is 30.0 Å². The van der Waals surface area contributed by atoms with Crippen LogP contribution >= 0.6 is 0 Å². The van der Waals surface area contributed by atoms with E-state index < -0.39 is 11.5 Å². The van der Waals surface area contributed by atoms with Gasteiger partial charge in [0.15, 0.2) is 5.69 Å². The predicted molar refractivity (Wildman–Crippen MR) is 134 cm³/mol.